The van der Waals surface area contributed by atoms with E-state index in [1.807, 2.05) is 0 Å². The Morgan fingerprint density at radius 2 is 1.13 bits per heavy atom. The predicted molar refractivity (Wildman–Crippen MR) is 197 cm³/mol. The molecule has 8 heterocycles. The van der Waals surface area contributed by atoms with Crippen molar-refractivity contribution in [3.63, 3.8) is 0 Å². The van der Waals surface area contributed by atoms with E-state index in [0.29, 0.717) is 0 Å². The summed E-state index contributed by atoms with van der Waals surface area (Å²) in [5.74, 6) is -0.153. The van der Waals surface area contributed by atoms with Crippen LogP contribution in [-0.2, 0) is 41.4 Å². The number of phosphoric acid groups is 2. The fourth-order valence-electron chi connectivity index (χ4n) is 6.97. The second kappa shape index (κ2) is 16.5. The zero-order chi connectivity index (χ0) is 43.5. The molecule has 0 radical (unpaired) electrons. The molecular formula is C29H37N13O17P2. The van der Waals surface area contributed by atoms with Gasteiger partial charge in [0, 0.05) is 6.20 Å². The minimum atomic E-state index is -5.34. The number of aromatic nitrogens is 10. The van der Waals surface area contributed by atoms with E-state index in [9.17, 15) is 49.2 Å². The number of nitrogens with two attached hydrogens (primary N) is 3. The topological polar surface area (TPSA) is 441 Å². The standard InChI is InChI=1S/C29H37N13O17P2/c30-13-1-2-40(29(48)39-13)26-17(45)16(44)11(56-26)4-53-60(49,50)59-21-12(57-28(19(21)47)42-9-38-15-23(32)34-7-36-25(15)42)5-54-61(51,52)58-20-10(3-43)55-27(18(20)46)41-8-37-14-22(31)33-6-35-24(14)41/h1-2,6-12,16-21,26-28,43-47H,3-5H2,(H,49,50)(H,51,52)(H2,30,39,48)(H2,31,33,35)(H2,32,34,36)/t10-,11-,12-,16-,17-,18-,19-,20-,21-,26-,27-,28-/m1/s1. The summed E-state index contributed by atoms with van der Waals surface area (Å²) in [7, 11) is -10.6. The molecule has 5 aromatic heterocycles. The molecule has 0 amide bonds. The molecule has 0 spiro atoms. The van der Waals surface area contributed by atoms with E-state index in [2.05, 4.69) is 34.9 Å². The van der Waals surface area contributed by atoms with Crippen molar-refractivity contribution in [3.8, 4) is 0 Å². The molecule has 14 atom stereocenters. The second-order valence-electron chi connectivity index (χ2n) is 13.7. The van der Waals surface area contributed by atoms with Crippen LogP contribution >= 0.6 is 15.6 Å². The molecule has 3 fully saturated rings. The molecule has 3 aliphatic heterocycles. The van der Waals surface area contributed by atoms with Crippen molar-refractivity contribution in [1.29, 1.82) is 0 Å². The van der Waals surface area contributed by atoms with Gasteiger partial charge < -0.3 is 66.7 Å². The summed E-state index contributed by atoms with van der Waals surface area (Å²) in [5.41, 5.74) is 16.7. The number of hydrogen-bond acceptors (Lipinski definition) is 25. The molecule has 32 heteroatoms. The van der Waals surface area contributed by atoms with Gasteiger partial charge in [-0.15, -0.1) is 0 Å². The van der Waals surface area contributed by atoms with Gasteiger partial charge in [0.15, 0.2) is 41.6 Å². The van der Waals surface area contributed by atoms with E-state index >= 15 is 0 Å². The van der Waals surface area contributed by atoms with E-state index in [-0.39, 0.29) is 39.8 Å². The van der Waals surface area contributed by atoms with Crippen LogP contribution in [0.25, 0.3) is 22.3 Å². The van der Waals surface area contributed by atoms with E-state index in [1.54, 1.807) is 0 Å². The molecule has 13 N–H and O–H groups in total. The van der Waals surface area contributed by atoms with Crippen molar-refractivity contribution >= 4 is 55.4 Å². The fourth-order valence-corrected chi connectivity index (χ4v) is 8.90. The van der Waals surface area contributed by atoms with Gasteiger partial charge in [-0.1, -0.05) is 0 Å². The van der Waals surface area contributed by atoms with Gasteiger partial charge >= 0.3 is 21.3 Å². The fraction of sp³-hybridized carbons (Fsp3) is 0.517. The number of rotatable bonds is 14. The molecule has 330 valence electrons. The first-order chi connectivity index (χ1) is 29.0. The summed E-state index contributed by atoms with van der Waals surface area (Å²) in [6.07, 6.45) is -14.1. The van der Waals surface area contributed by atoms with Crippen molar-refractivity contribution in [1.82, 2.24) is 48.6 Å². The lowest BCUT2D eigenvalue weighted by molar-refractivity contribution is -0.0631. The van der Waals surface area contributed by atoms with Crippen LogP contribution in [0.4, 0.5) is 17.5 Å². The van der Waals surface area contributed by atoms with Crippen molar-refractivity contribution in [3.05, 3.63) is 48.1 Å². The SMILES string of the molecule is Nc1ccn([C@@H]2O[C@H](COP(=O)(O)O[C@H]3[C@@H](O)[C@H](n4cnc5c(N)ncnc54)O[C@@H]3COP(=O)(O)O[C@H]3[C@@H](O)[C@H](n4cnc5c(N)ncnc54)O[C@@H]3CO)[C@@H](O)[C@H]2O)c(=O)n1. The van der Waals surface area contributed by atoms with Crippen LogP contribution in [0.15, 0.2) is 42.4 Å². The van der Waals surface area contributed by atoms with Crippen LogP contribution in [0.2, 0.25) is 0 Å². The molecule has 8 rings (SSSR count). The van der Waals surface area contributed by atoms with Gasteiger partial charge in [0.05, 0.1) is 32.5 Å². The minimum Gasteiger partial charge on any atom is -0.394 e. The third-order valence-electron chi connectivity index (χ3n) is 9.90. The summed E-state index contributed by atoms with van der Waals surface area (Å²) in [4.78, 5) is 61.6. The monoisotopic (exact) mass is 901 g/mol. The normalized spacial score (nSPS) is 32.4. The number of aliphatic hydroxyl groups excluding tert-OH is 5. The number of imidazole rings is 2. The van der Waals surface area contributed by atoms with Crippen LogP contribution in [-0.4, -0.2) is 159 Å². The summed E-state index contributed by atoms with van der Waals surface area (Å²) in [5, 5.41) is 53.9. The van der Waals surface area contributed by atoms with Crippen molar-refractivity contribution < 1.29 is 76.8 Å². The molecule has 0 aliphatic carbocycles. The third-order valence-corrected chi connectivity index (χ3v) is 11.9. The van der Waals surface area contributed by atoms with Gasteiger partial charge in [0.1, 0.15) is 84.4 Å². The number of nitrogens with zero attached hydrogens (tertiary/aromatic N) is 10. The number of aliphatic hydroxyl groups is 5. The summed E-state index contributed by atoms with van der Waals surface area (Å²) >= 11 is 0. The van der Waals surface area contributed by atoms with Gasteiger partial charge in [-0.05, 0) is 6.07 Å². The Morgan fingerprint density at radius 3 is 1.66 bits per heavy atom. The van der Waals surface area contributed by atoms with Crippen molar-refractivity contribution in [2.24, 2.45) is 0 Å². The molecule has 5 aromatic rings. The Balaban J connectivity index is 0.983. The van der Waals surface area contributed by atoms with E-state index < -0.39 is 115 Å². The number of anilines is 3. The van der Waals surface area contributed by atoms with Crippen LogP contribution < -0.4 is 22.9 Å². The maximum absolute atomic E-state index is 13.4. The van der Waals surface area contributed by atoms with Crippen LogP contribution in [0, 0.1) is 0 Å². The molecule has 0 aromatic carbocycles. The first-order valence-electron chi connectivity index (χ1n) is 17.8. The van der Waals surface area contributed by atoms with E-state index in [4.69, 9.17) is 49.5 Å². The average molecular weight is 902 g/mol. The van der Waals surface area contributed by atoms with Gasteiger partial charge in [0.25, 0.3) is 0 Å². The Bertz CT molecular complexity index is 2570. The van der Waals surface area contributed by atoms with Crippen molar-refractivity contribution in [2.75, 3.05) is 37.0 Å². The lowest BCUT2D eigenvalue weighted by Gasteiger charge is -2.25. The quantitative estimate of drug-likeness (QED) is 0.0472. The highest BCUT2D eigenvalue weighted by Gasteiger charge is 2.53. The summed E-state index contributed by atoms with van der Waals surface area (Å²) in [6, 6.07) is 1.23. The highest BCUT2D eigenvalue weighted by atomic mass is 31.2. The number of hydrogen-bond donors (Lipinski definition) is 10. The highest BCUT2D eigenvalue weighted by molar-refractivity contribution is 7.47. The molecule has 30 nitrogen and oxygen atoms in total. The Morgan fingerprint density at radius 1 is 0.656 bits per heavy atom. The zero-order valence-corrected chi connectivity index (χ0v) is 32.6. The first-order valence-corrected chi connectivity index (χ1v) is 20.8. The molecule has 2 unspecified atom stereocenters. The van der Waals surface area contributed by atoms with Gasteiger partial charge in [-0.2, -0.15) is 4.98 Å². The van der Waals surface area contributed by atoms with Crippen LogP contribution in [0.5, 0.6) is 0 Å². The molecule has 3 aliphatic rings. The number of ether oxygens (including phenoxy) is 3. The summed E-state index contributed by atoms with van der Waals surface area (Å²) in [6.45, 7) is -2.75. The number of nitrogen functional groups attached to an aromatic ring is 3. The Labute approximate surface area is 339 Å². The maximum Gasteiger partial charge on any atom is 0.472 e. The van der Waals surface area contributed by atoms with Crippen LogP contribution in [0.3, 0.4) is 0 Å². The lowest BCUT2D eigenvalue weighted by atomic mass is 10.1. The van der Waals surface area contributed by atoms with Crippen LogP contribution in [0.1, 0.15) is 18.7 Å². The molecule has 0 bridgehead atoms. The van der Waals surface area contributed by atoms with Crippen molar-refractivity contribution in [2.45, 2.75) is 73.6 Å². The lowest BCUT2D eigenvalue weighted by Crippen LogP contribution is -2.38. The Hall–Kier alpha value is -4.72. The highest BCUT2D eigenvalue weighted by Crippen LogP contribution is 2.52. The Kier molecular flexibility index (Phi) is 11.6. The van der Waals surface area contributed by atoms with Gasteiger partial charge in [0.2, 0.25) is 0 Å². The zero-order valence-electron chi connectivity index (χ0n) is 30.8. The molecule has 0 saturated carbocycles. The molecular weight excluding hydrogens is 864 g/mol. The molecule has 61 heavy (non-hydrogen) atoms. The number of phosphoric ester groups is 2. The third kappa shape index (κ3) is 8.21. The van der Waals surface area contributed by atoms with E-state index in [1.165, 1.54) is 21.5 Å². The van der Waals surface area contributed by atoms with E-state index in [0.717, 1.165) is 29.7 Å². The predicted octanol–water partition coefficient (Wildman–Crippen LogP) is -4.20. The maximum atomic E-state index is 13.4. The molecule has 3 saturated heterocycles. The number of fused-ring (bicyclic) bond motifs is 2. The summed E-state index contributed by atoms with van der Waals surface area (Å²) < 4.78 is 68.1. The largest absolute Gasteiger partial charge is 0.472 e. The second-order valence-corrected chi connectivity index (χ2v) is 16.5. The first kappa shape index (κ1) is 42.9. The van der Waals surface area contributed by atoms with Gasteiger partial charge in [-0.25, -0.2) is 43.8 Å². The smallest absolute Gasteiger partial charge is 0.394 e. The average Bonchev–Trinajstić information content (AvgIpc) is 4.03. The van der Waals surface area contributed by atoms with Gasteiger partial charge in [-0.3, -0.25) is 31.8 Å². The minimum absolute atomic E-state index is 0.0181.